The first-order valence-electron chi connectivity index (χ1n) is 5.47. The summed E-state index contributed by atoms with van der Waals surface area (Å²) in [5.41, 5.74) is 15.5. The van der Waals surface area contributed by atoms with Gasteiger partial charge in [0.25, 0.3) is 0 Å². The predicted molar refractivity (Wildman–Crippen MR) is 71.6 cm³/mol. The van der Waals surface area contributed by atoms with Crippen molar-refractivity contribution in [2.45, 2.75) is 0 Å². The van der Waals surface area contributed by atoms with E-state index in [-0.39, 0.29) is 0 Å². The molecular weight excluding hydrogens is 226 g/mol. The van der Waals surface area contributed by atoms with E-state index in [1.807, 2.05) is 18.2 Å². The van der Waals surface area contributed by atoms with Gasteiger partial charge in [0.2, 0.25) is 0 Å². The van der Waals surface area contributed by atoms with Crippen molar-refractivity contribution in [3.8, 4) is 11.1 Å². The summed E-state index contributed by atoms with van der Waals surface area (Å²) < 4.78 is 0. The largest absolute Gasteiger partial charge is 0.397 e. The highest BCUT2D eigenvalue weighted by Crippen LogP contribution is 2.28. The minimum atomic E-state index is 0.426. The van der Waals surface area contributed by atoms with Crippen LogP contribution in [0.25, 0.3) is 22.2 Å². The second-order valence-corrected chi connectivity index (χ2v) is 3.93. The van der Waals surface area contributed by atoms with Crippen molar-refractivity contribution < 1.29 is 0 Å². The van der Waals surface area contributed by atoms with Crippen molar-refractivity contribution in [2.75, 3.05) is 11.5 Å². The average Bonchev–Trinajstić information content (AvgIpc) is 2.40. The summed E-state index contributed by atoms with van der Waals surface area (Å²) >= 11 is 0. The second kappa shape index (κ2) is 3.96. The van der Waals surface area contributed by atoms with Crippen LogP contribution in [-0.2, 0) is 0 Å². The van der Waals surface area contributed by atoms with Gasteiger partial charge >= 0.3 is 0 Å². The summed E-state index contributed by atoms with van der Waals surface area (Å²) in [6.45, 7) is 0. The standard InChI is InChI=1S/C13H11N5/c14-10-3-5-17-11-6-9(13(15)18-12(10)11)8-2-1-4-16-7-8/h1-7H,(H2,14,17)(H2,15,18). The van der Waals surface area contributed by atoms with Gasteiger partial charge in [-0.15, -0.1) is 0 Å². The van der Waals surface area contributed by atoms with Crippen LogP contribution in [0.2, 0.25) is 0 Å². The number of nitrogens with zero attached hydrogens (tertiary/aromatic N) is 3. The molecule has 3 aromatic rings. The normalized spacial score (nSPS) is 10.7. The lowest BCUT2D eigenvalue weighted by atomic mass is 10.1. The second-order valence-electron chi connectivity index (χ2n) is 3.93. The molecule has 0 amide bonds. The van der Waals surface area contributed by atoms with E-state index >= 15 is 0 Å². The first-order chi connectivity index (χ1) is 8.75. The number of aromatic nitrogens is 3. The molecule has 0 bridgehead atoms. The average molecular weight is 237 g/mol. The molecule has 18 heavy (non-hydrogen) atoms. The lowest BCUT2D eigenvalue weighted by molar-refractivity contribution is 1.31. The number of hydrogen-bond acceptors (Lipinski definition) is 5. The number of fused-ring (bicyclic) bond motifs is 1. The van der Waals surface area contributed by atoms with Gasteiger partial charge in [0.1, 0.15) is 11.3 Å². The van der Waals surface area contributed by atoms with Crippen LogP contribution in [0.15, 0.2) is 42.9 Å². The Balaban J connectivity index is 2.29. The van der Waals surface area contributed by atoms with Crippen molar-refractivity contribution in [2.24, 2.45) is 0 Å². The van der Waals surface area contributed by atoms with Crippen LogP contribution in [0, 0.1) is 0 Å². The highest BCUT2D eigenvalue weighted by molar-refractivity contribution is 5.92. The number of hydrogen-bond donors (Lipinski definition) is 2. The van der Waals surface area contributed by atoms with E-state index in [4.69, 9.17) is 11.5 Å². The Morgan fingerprint density at radius 2 is 1.94 bits per heavy atom. The first-order valence-corrected chi connectivity index (χ1v) is 5.47. The van der Waals surface area contributed by atoms with Gasteiger partial charge in [-0.2, -0.15) is 0 Å². The third-order valence-corrected chi connectivity index (χ3v) is 2.75. The Morgan fingerprint density at radius 3 is 2.72 bits per heavy atom. The molecule has 0 fully saturated rings. The predicted octanol–water partition coefficient (Wildman–Crippen LogP) is 1.86. The van der Waals surface area contributed by atoms with E-state index in [1.165, 1.54) is 0 Å². The quantitative estimate of drug-likeness (QED) is 0.674. The zero-order valence-electron chi connectivity index (χ0n) is 9.54. The van der Waals surface area contributed by atoms with Crippen LogP contribution >= 0.6 is 0 Å². The molecule has 4 N–H and O–H groups in total. The van der Waals surface area contributed by atoms with E-state index < -0.39 is 0 Å². The third-order valence-electron chi connectivity index (χ3n) is 2.75. The molecule has 3 aromatic heterocycles. The van der Waals surface area contributed by atoms with E-state index in [0.29, 0.717) is 17.0 Å². The summed E-state index contributed by atoms with van der Waals surface area (Å²) in [6.07, 6.45) is 5.11. The van der Waals surface area contributed by atoms with Crippen molar-refractivity contribution in [3.63, 3.8) is 0 Å². The molecule has 5 nitrogen and oxygen atoms in total. The first kappa shape index (κ1) is 10.5. The maximum Gasteiger partial charge on any atom is 0.132 e. The molecule has 3 heterocycles. The SMILES string of the molecule is Nc1nc2c(N)ccnc2cc1-c1cccnc1. The molecule has 0 unspecified atom stereocenters. The highest BCUT2D eigenvalue weighted by atomic mass is 14.9. The number of rotatable bonds is 1. The molecule has 5 heteroatoms. The van der Waals surface area contributed by atoms with Crippen LogP contribution in [0.5, 0.6) is 0 Å². The van der Waals surface area contributed by atoms with Crippen molar-refractivity contribution in [1.29, 1.82) is 0 Å². The molecule has 88 valence electrons. The fourth-order valence-corrected chi connectivity index (χ4v) is 1.86. The molecule has 3 rings (SSSR count). The van der Waals surface area contributed by atoms with Gasteiger partial charge in [0.05, 0.1) is 11.2 Å². The molecule has 0 atom stereocenters. The molecule has 0 aliphatic heterocycles. The Bertz CT molecular complexity index is 709. The van der Waals surface area contributed by atoms with Crippen LogP contribution in [0.4, 0.5) is 11.5 Å². The Kier molecular flexibility index (Phi) is 2.30. The minimum absolute atomic E-state index is 0.426. The maximum atomic E-state index is 5.97. The van der Waals surface area contributed by atoms with Gasteiger partial charge in [0, 0.05) is 29.7 Å². The molecule has 0 radical (unpaired) electrons. The zero-order valence-corrected chi connectivity index (χ0v) is 9.54. The Hall–Kier alpha value is -2.69. The van der Waals surface area contributed by atoms with Crippen LogP contribution in [0.3, 0.4) is 0 Å². The van der Waals surface area contributed by atoms with Crippen LogP contribution in [0.1, 0.15) is 0 Å². The molecular formula is C13H11N5. The third kappa shape index (κ3) is 1.62. The fourth-order valence-electron chi connectivity index (χ4n) is 1.86. The van der Waals surface area contributed by atoms with Gasteiger partial charge < -0.3 is 11.5 Å². The van der Waals surface area contributed by atoms with Gasteiger partial charge in [0.15, 0.2) is 0 Å². The van der Waals surface area contributed by atoms with E-state index in [0.717, 1.165) is 16.6 Å². The Morgan fingerprint density at radius 1 is 1.06 bits per heavy atom. The van der Waals surface area contributed by atoms with Crippen LogP contribution in [-0.4, -0.2) is 15.0 Å². The lowest BCUT2D eigenvalue weighted by Crippen LogP contribution is -1.98. The molecule has 0 aliphatic carbocycles. The van der Waals surface area contributed by atoms with Crippen molar-refractivity contribution in [3.05, 3.63) is 42.9 Å². The molecule has 0 saturated carbocycles. The number of nitrogen functional groups attached to an aromatic ring is 2. The fraction of sp³-hybridized carbons (Fsp3) is 0. The minimum Gasteiger partial charge on any atom is -0.397 e. The molecule has 0 aromatic carbocycles. The van der Waals surface area contributed by atoms with E-state index in [1.54, 1.807) is 24.7 Å². The molecule has 0 saturated heterocycles. The Labute approximate surface area is 104 Å². The van der Waals surface area contributed by atoms with E-state index in [9.17, 15) is 0 Å². The van der Waals surface area contributed by atoms with Gasteiger partial charge in [-0.1, -0.05) is 6.07 Å². The smallest absolute Gasteiger partial charge is 0.132 e. The van der Waals surface area contributed by atoms with E-state index in [2.05, 4.69) is 15.0 Å². The van der Waals surface area contributed by atoms with Crippen molar-refractivity contribution >= 4 is 22.5 Å². The van der Waals surface area contributed by atoms with Crippen molar-refractivity contribution in [1.82, 2.24) is 15.0 Å². The number of anilines is 2. The summed E-state index contributed by atoms with van der Waals surface area (Å²) in [7, 11) is 0. The molecule has 0 aliphatic rings. The summed E-state index contributed by atoms with van der Waals surface area (Å²) in [5.74, 6) is 0.426. The summed E-state index contributed by atoms with van der Waals surface area (Å²) in [5, 5.41) is 0. The maximum absolute atomic E-state index is 5.97. The number of nitrogens with two attached hydrogens (primary N) is 2. The van der Waals surface area contributed by atoms with Crippen LogP contribution < -0.4 is 11.5 Å². The van der Waals surface area contributed by atoms with Gasteiger partial charge in [-0.3, -0.25) is 9.97 Å². The van der Waals surface area contributed by atoms with Gasteiger partial charge in [-0.05, 0) is 18.2 Å². The summed E-state index contributed by atoms with van der Waals surface area (Å²) in [4.78, 5) is 12.6. The topological polar surface area (TPSA) is 90.7 Å². The highest BCUT2D eigenvalue weighted by Gasteiger charge is 2.08. The zero-order chi connectivity index (χ0) is 12.5. The molecule has 0 spiro atoms. The lowest BCUT2D eigenvalue weighted by Gasteiger charge is -2.07. The van der Waals surface area contributed by atoms with Gasteiger partial charge in [-0.25, -0.2) is 4.98 Å². The summed E-state index contributed by atoms with van der Waals surface area (Å²) in [6, 6.07) is 7.37. The monoisotopic (exact) mass is 237 g/mol. The number of pyridine rings is 3.